The van der Waals surface area contributed by atoms with Crippen LogP contribution in [0.25, 0.3) is 0 Å². The molecule has 0 aliphatic carbocycles. The van der Waals surface area contributed by atoms with E-state index in [2.05, 4.69) is 21.2 Å². The Morgan fingerprint density at radius 2 is 2.18 bits per heavy atom. The molecule has 1 heterocycles. The largest absolute Gasteiger partial charge is 0.349 e. The van der Waals surface area contributed by atoms with Gasteiger partial charge in [0.05, 0.1) is 0 Å². The molecule has 4 heteroatoms. The molecular formula is C13H14BrFN2. The number of benzene rings is 1. The third-order valence-electron chi connectivity index (χ3n) is 2.55. The maximum absolute atomic E-state index is 13.6. The lowest BCUT2D eigenvalue weighted by Gasteiger charge is -2.05. The van der Waals surface area contributed by atoms with Crippen molar-refractivity contribution >= 4 is 15.9 Å². The van der Waals surface area contributed by atoms with Gasteiger partial charge in [0.25, 0.3) is 0 Å². The van der Waals surface area contributed by atoms with Crippen molar-refractivity contribution in [3.8, 4) is 0 Å². The number of aromatic nitrogens is 1. The number of nitrogens with one attached hydrogen (secondary N) is 1. The lowest BCUT2D eigenvalue weighted by atomic mass is 10.2. The van der Waals surface area contributed by atoms with Gasteiger partial charge < -0.3 is 9.88 Å². The van der Waals surface area contributed by atoms with Gasteiger partial charge in [0.15, 0.2) is 0 Å². The number of rotatable bonds is 4. The molecular weight excluding hydrogens is 283 g/mol. The monoisotopic (exact) mass is 296 g/mol. The van der Waals surface area contributed by atoms with Gasteiger partial charge in [-0.3, -0.25) is 0 Å². The van der Waals surface area contributed by atoms with Crippen LogP contribution in [0.2, 0.25) is 0 Å². The fourth-order valence-electron chi connectivity index (χ4n) is 1.76. The second-order valence-electron chi connectivity index (χ2n) is 3.96. The molecule has 1 aromatic heterocycles. The van der Waals surface area contributed by atoms with Crippen LogP contribution in [-0.4, -0.2) is 11.6 Å². The highest BCUT2D eigenvalue weighted by Gasteiger charge is 2.04. The second kappa shape index (κ2) is 5.47. The van der Waals surface area contributed by atoms with Crippen molar-refractivity contribution in [2.75, 3.05) is 7.05 Å². The Bertz CT molecular complexity index is 508. The zero-order valence-corrected chi connectivity index (χ0v) is 11.2. The highest BCUT2D eigenvalue weighted by atomic mass is 79.9. The standard InChI is InChI=1S/C13H14BrFN2/c1-16-7-10-4-5-17(8-10)9-11-6-12(14)2-3-13(11)15/h2-6,8,16H,7,9H2,1H3. The van der Waals surface area contributed by atoms with Crippen LogP contribution in [0.3, 0.4) is 0 Å². The molecule has 0 aliphatic heterocycles. The summed E-state index contributed by atoms with van der Waals surface area (Å²) in [5, 5.41) is 3.09. The van der Waals surface area contributed by atoms with Crippen LogP contribution < -0.4 is 5.32 Å². The van der Waals surface area contributed by atoms with Gasteiger partial charge in [-0.25, -0.2) is 4.39 Å². The summed E-state index contributed by atoms with van der Waals surface area (Å²) in [6.45, 7) is 1.38. The SMILES string of the molecule is CNCc1ccn(Cc2cc(Br)ccc2F)c1. The molecule has 0 atom stereocenters. The van der Waals surface area contributed by atoms with Gasteiger partial charge in [-0.2, -0.15) is 0 Å². The van der Waals surface area contributed by atoms with E-state index in [0.29, 0.717) is 12.1 Å². The molecule has 90 valence electrons. The summed E-state index contributed by atoms with van der Waals surface area (Å²) in [4.78, 5) is 0. The zero-order valence-electron chi connectivity index (χ0n) is 9.58. The summed E-state index contributed by atoms with van der Waals surface area (Å²) >= 11 is 3.35. The first-order chi connectivity index (χ1) is 8.19. The van der Waals surface area contributed by atoms with E-state index in [-0.39, 0.29) is 5.82 Å². The molecule has 0 bridgehead atoms. The Hall–Kier alpha value is -1.13. The van der Waals surface area contributed by atoms with Crippen LogP contribution in [0.1, 0.15) is 11.1 Å². The van der Waals surface area contributed by atoms with Gasteiger partial charge >= 0.3 is 0 Å². The van der Waals surface area contributed by atoms with E-state index >= 15 is 0 Å². The minimum atomic E-state index is -0.169. The van der Waals surface area contributed by atoms with Crippen molar-refractivity contribution < 1.29 is 4.39 Å². The van der Waals surface area contributed by atoms with Crippen LogP contribution in [0, 0.1) is 5.82 Å². The summed E-state index contributed by atoms with van der Waals surface area (Å²) in [6, 6.07) is 7.04. The predicted octanol–water partition coefficient (Wildman–Crippen LogP) is 3.16. The molecule has 0 saturated heterocycles. The Morgan fingerprint density at radius 1 is 1.35 bits per heavy atom. The van der Waals surface area contributed by atoms with E-state index < -0.39 is 0 Å². The quantitative estimate of drug-likeness (QED) is 0.917. The Labute approximate surface area is 109 Å². The van der Waals surface area contributed by atoms with Gasteiger partial charge in [-0.15, -0.1) is 0 Å². The van der Waals surface area contributed by atoms with Gasteiger partial charge in [-0.05, 0) is 36.9 Å². The molecule has 2 aromatic rings. The predicted molar refractivity (Wildman–Crippen MR) is 70.4 cm³/mol. The smallest absolute Gasteiger partial charge is 0.128 e. The van der Waals surface area contributed by atoms with Gasteiger partial charge in [0.2, 0.25) is 0 Å². The third-order valence-corrected chi connectivity index (χ3v) is 3.05. The van der Waals surface area contributed by atoms with Crippen molar-refractivity contribution in [2.24, 2.45) is 0 Å². The van der Waals surface area contributed by atoms with Crippen molar-refractivity contribution in [1.29, 1.82) is 0 Å². The summed E-state index contributed by atoms with van der Waals surface area (Å²) in [7, 11) is 1.91. The molecule has 2 rings (SSSR count). The van der Waals surface area contributed by atoms with Crippen LogP contribution in [0.5, 0.6) is 0 Å². The molecule has 0 aliphatic rings. The molecule has 0 unspecified atom stereocenters. The topological polar surface area (TPSA) is 17.0 Å². The van der Waals surface area contributed by atoms with E-state index in [0.717, 1.165) is 11.0 Å². The normalized spacial score (nSPS) is 10.8. The highest BCUT2D eigenvalue weighted by Crippen LogP contribution is 2.17. The maximum atomic E-state index is 13.6. The summed E-state index contributed by atoms with van der Waals surface area (Å²) < 4.78 is 16.4. The first-order valence-corrected chi connectivity index (χ1v) is 6.21. The molecule has 2 nitrogen and oxygen atoms in total. The number of nitrogens with zero attached hydrogens (tertiary/aromatic N) is 1. The molecule has 1 aromatic carbocycles. The fraction of sp³-hybridized carbons (Fsp3) is 0.231. The Balaban J connectivity index is 2.16. The van der Waals surface area contributed by atoms with Crippen molar-refractivity contribution in [3.63, 3.8) is 0 Å². The molecule has 0 spiro atoms. The molecule has 17 heavy (non-hydrogen) atoms. The first-order valence-electron chi connectivity index (χ1n) is 5.42. The van der Waals surface area contributed by atoms with Crippen LogP contribution >= 0.6 is 15.9 Å². The minimum absolute atomic E-state index is 0.169. The lowest BCUT2D eigenvalue weighted by molar-refractivity contribution is 0.599. The van der Waals surface area contributed by atoms with Gasteiger partial charge in [0, 0.05) is 35.5 Å². The van der Waals surface area contributed by atoms with E-state index in [9.17, 15) is 4.39 Å². The Kier molecular flexibility index (Phi) is 3.97. The van der Waals surface area contributed by atoms with Crippen LogP contribution in [-0.2, 0) is 13.1 Å². The molecule has 0 amide bonds. The zero-order chi connectivity index (χ0) is 12.3. The van der Waals surface area contributed by atoms with Gasteiger partial charge in [0.1, 0.15) is 5.82 Å². The second-order valence-corrected chi connectivity index (χ2v) is 4.87. The number of hydrogen-bond donors (Lipinski definition) is 1. The van der Waals surface area contributed by atoms with Gasteiger partial charge in [-0.1, -0.05) is 15.9 Å². The summed E-state index contributed by atoms with van der Waals surface area (Å²) in [6.07, 6.45) is 3.99. The van der Waals surface area contributed by atoms with E-state index in [4.69, 9.17) is 0 Å². The van der Waals surface area contributed by atoms with Crippen molar-refractivity contribution in [2.45, 2.75) is 13.1 Å². The summed E-state index contributed by atoms with van der Waals surface area (Å²) in [5.41, 5.74) is 1.88. The average molecular weight is 297 g/mol. The lowest BCUT2D eigenvalue weighted by Crippen LogP contribution is -2.04. The number of halogens is 2. The summed E-state index contributed by atoms with van der Waals surface area (Å²) in [5.74, 6) is -0.169. The first kappa shape index (κ1) is 12.3. The molecule has 0 saturated carbocycles. The molecule has 0 fully saturated rings. The van der Waals surface area contributed by atoms with Crippen molar-refractivity contribution in [3.05, 3.63) is 58.1 Å². The van der Waals surface area contributed by atoms with E-state index in [1.807, 2.05) is 36.1 Å². The average Bonchev–Trinajstić information content (AvgIpc) is 2.72. The molecule has 1 N–H and O–H groups in total. The maximum Gasteiger partial charge on any atom is 0.128 e. The third kappa shape index (κ3) is 3.17. The van der Waals surface area contributed by atoms with Crippen LogP contribution in [0.4, 0.5) is 4.39 Å². The molecule has 0 radical (unpaired) electrons. The number of hydrogen-bond acceptors (Lipinski definition) is 1. The van der Waals surface area contributed by atoms with E-state index in [1.54, 1.807) is 6.07 Å². The van der Waals surface area contributed by atoms with Crippen LogP contribution in [0.15, 0.2) is 41.1 Å². The highest BCUT2D eigenvalue weighted by molar-refractivity contribution is 9.10. The minimum Gasteiger partial charge on any atom is -0.349 e. The Morgan fingerprint density at radius 3 is 2.94 bits per heavy atom. The fourth-order valence-corrected chi connectivity index (χ4v) is 2.17. The van der Waals surface area contributed by atoms with Crippen molar-refractivity contribution in [1.82, 2.24) is 9.88 Å². The van der Waals surface area contributed by atoms with E-state index in [1.165, 1.54) is 11.6 Å².